The monoisotopic (exact) mass is 472 g/mol. The van der Waals surface area contributed by atoms with Gasteiger partial charge in [-0.3, -0.25) is 24.8 Å². The van der Waals surface area contributed by atoms with E-state index >= 15 is 0 Å². The van der Waals surface area contributed by atoms with Gasteiger partial charge in [-0.1, -0.05) is 25.1 Å². The number of aryl methyl sites for hydroxylation is 1. The maximum Gasteiger partial charge on any atom is 0.290 e. The van der Waals surface area contributed by atoms with E-state index in [4.69, 9.17) is 4.98 Å². The highest BCUT2D eigenvalue weighted by Gasteiger charge is 2.25. The van der Waals surface area contributed by atoms with E-state index in [2.05, 4.69) is 47.2 Å². The summed E-state index contributed by atoms with van der Waals surface area (Å²) in [7, 11) is 0. The standard InChI is InChI=1S/C27H28N4O2S/c1-3-10-30-11-13-31(14-12-30)23-7-6-21(15-18(23)2)25-22-16-19(4-5-20(22)8-9-28-25)17-24-26(32)29-27(33)34-24/h4-9,15-17H,3,10-14H2,1-2H3,(H,29,32,33). The molecule has 0 unspecified atom stereocenters. The fourth-order valence-electron chi connectivity index (χ4n) is 4.76. The highest BCUT2D eigenvalue weighted by molar-refractivity contribution is 8.18. The van der Waals surface area contributed by atoms with Gasteiger partial charge in [0.05, 0.1) is 10.6 Å². The molecule has 3 heterocycles. The van der Waals surface area contributed by atoms with Gasteiger partial charge in [-0.15, -0.1) is 0 Å². The van der Waals surface area contributed by atoms with Crippen molar-refractivity contribution in [3.8, 4) is 11.3 Å². The lowest BCUT2D eigenvalue weighted by molar-refractivity contribution is -0.115. The van der Waals surface area contributed by atoms with Crippen molar-refractivity contribution in [3.63, 3.8) is 0 Å². The van der Waals surface area contributed by atoms with Crippen molar-refractivity contribution in [3.05, 3.63) is 64.7 Å². The van der Waals surface area contributed by atoms with Crippen LogP contribution in [0, 0.1) is 6.92 Å². The van der Waals surface area contributed by atoms with Gasteiger partial charge in [0.2, 0.25) is 0 Å². The zero-order valence-electron chi connectivity index (χ0n) is 19.5. The molecule has 2 aliphatic heterocycles. The molecule has 0 spiro atoms. The summed E-state index contributed by atoms with van der Waals surface area (Å²) >= 11 is 0.932. The number of piperazine rings is 1. The van der Waals surface area contributed by atoms with E-state index in [1.807, 2.05) is 30.5 Å². The molecule has 7 heteroatoms. The molecule has 3 aromatic rings. The van der Waals surface area contributed by atoms with Gasteiger partial charge in [0, 0.05) is 49.0 Å². The molecule has 174 valence electrons. The Morgan fingerprint density at radius 1 is 1.06 bits per heavy atom. The summed E-state index contributed by atoms with van der Waals surface area (Å²) in [6.45, 7) is 9.92. The summed E-state index contributed by atoms with van der Waals surface area (Å²) in [5.74, 6) is -0.344. The first kappa shape index (κ1) is 22.6. The first-order valence-corrected chi connectivity index (χ1v) is 12.6. The molecule has 0 bridgehead atoms. The van der Waals surface area contributed by atoms with E-state index in [1.54, 1.807) is 6.08 Å². The maximum absolute atomic E-state index is 12.0. The highest BCUT2D eigenvalue weighted by atomic mass is 32.2. The third kappa shape index (κ3) is 4.58. The minimum atomic E-state index is -0.344. The molecule has 0 aliphatic carbocycles. The predicted octanol–water partition coefficient (Wildman–Crippen LogP) is 5.07. The largest absolute Gasteiger partial charge is 0.369 e. The molecule has 2 saturated heterocycles. The average Bonchev–Trinajstić information content (AvgIpc) is 3.15. The molecule has 1 N–H and O–H groups in total. The van der Waals surface area contributed by atoms with E-state index in [-0.39, 0.29) is 11.1 Å². The number of hydrogen-bond acceptors (Lipinski definition) is 6. The Morgan fingerprint density at radius 2 is 1.88 bits per heavy atom. The third-order valence-electron chi connectivity index (χ3n) is 6.45. The van der Waals surface area contributed by atoms with E-state index in [0.717, 1.165) is 65.5 Å². The van der Waals surface area contributed by atoms with Gasteiger partial charge < -0.3 is 4.90 Å². The number of carbonyl (C=O) groups excluding carboxylic acids is 2. The van der Waals surface area contributed by atoms with Gasteiger partial charge in [0.1, 0.15) is 0 Å². The molecule has 1 aromatic heterocycles. The van der Waals surface area contributed by atoms with Crippen LogP contribution in [0.2, 0.25) is 0 Å². The number of amides is 2. The van der Waals surface area contributed by atoms with Crippen LogP contribution >= 0.6 is 11.8 Å². The van der Waals surface area contributed by atoms with Crippen LogP contribution in [-0.2, 0) is 4.79 Å². The van der Waals surface area contributed by atoms with Crippen molar-refractivity contribution in [2.24, 2.45) is 0 Å². The predicted molar refractivity (Wildman–Crippen MR) is 140 cm³/mol. The molecule has 2 aliphatic rings. The van der Waals surface area contributed by atoms with Crippen molar-refractivity contribution < 1.29 is 9.59 Å². The quantitative estimate of drug-likeness (QED) is 0.523. The second kappa shape index (κ2) is 9.60. The zero-order valence-corrected chi connectivity index (χ0v) is 20.3. The first-order chi connectivity index (χ1) is 16.5. The summed E-state index contributed by atoms with van der Waals surface area (Å²) in [6.07, 6.45) is 4.80. The Balaban J connectivity index is 1.45. The number of fused-ring (bicyclic) bond motifs is 1. The summed E-state index contributed by atoms with van der Waals surface area (Å²) in [6, 6.07) is 14.6. The minimum Gasteiger partial charge on any atom is -0.369 e. The number of aromatic nitrogens is 1. The van der Waals surface area contributed by atoms with Gasteiger partial charge in [0.15, 0.2) is 0 Å². The number of carbonyl (C=O) groups is 2. The Bertz CT molecular complexity index is 1300. The fraction of sp³-hybridized carbons (Fsp3) is 0.296. The van der Waals surface area contributed by atoms with Crippen LogP contribution in [0.5, 0.6) is 0 Å². The maximum atomic E-state index is 12.0. The van der Waals surface area contributed by atoms with Gasteiger partial charge in [0.25, 0.3) is 11.1 Å². The van der Waals surface area contributed by atoms with Crippen LogP contribution in [0.15, 0.2) is 53.6 Å². The van der Waals surface area contributed by atoms with Gasteiger partial charge >= 0.3 is 0 Å². The van der Waals surface area contributed by atoms with E-state index in [9.17, 15) is 9.59 Å². The molecular formula is C27H28N4O2S. The normalized spacial score (nSPS) is 18.2. The molecule has 0 atom stereocenters. The average molecular weight is 473 g/mol. The SMILES string of the molecule is CCCN1CCN(c2ccc(-c3nccc4ccc(C=C5SC(=O)NC5=O)cc34)cc2C)CC1. The van der Waals surface area contributed by atoms with Crippen molar-refractivity contribution in [1.82, 2.24) is 15.2 Å². The molecule has 2 aromatic carbocycles. The van der Waals surface area contributed by atoms with Crippen LogP contribution in [0.1, 0.15) is 24.5 Å². The molecule has 2 fully saturated rings. The summed E-state index contributed by atoms with van der Waals surface area (Å²) < 4.78 is 0. The molecule has 0 radical (unpaired) electrons. The van der Waals surface area contributed by atoms with Gasteiger partial charge in [-0.2, -0.15) is 0 Å². The topological polar surface area (TPSA) is 65.5 Å². The number of anilines is 1. The first-order valence-electron chi connectivity index (χ1n) is 11.7. The number of rotatable bonds is 5. The van der Waals surface area contributed by atoms with E-state index in [1.165, 1.54) is 24.2 Å². The molecule has 2 amide bonds. The third-order valence-corrected chi connectivity index (χ3v) is 7.26. The smallest absolute Gasteiger partial charge is 0.290 e. The Kier molecular flexibility index (Phi) is 6.39. The molecule has 0 saturated carbocycles. The Morgan fingerprint density at radius 3 is 2.59 bits per heavy atom. The van der Waals surface area contributed by atoms with Crippen LogP contribution in [-0.4, -0.2) is 53.8 Å². The Labute approximate surface area is 204 Å². The second-order valence-corrected chi connectivity index (χ2v) is 9.84. The van der Waals surface area contributed by atoms with Crippen molar-refractivity contribution in [1.29, 1.82) is 0 Å². The van der Waals surface area contributed by atoms with Crippen molar-refractivity contribution >= 4 is 45.4 Å². The van der Waals surface area contributed by atoms with Crippen LogP contribution in [0.3, 0.4) is 0 Å². The summed E-state index contributed by atoms with van der Waals surface area (Å²) in [4.78, 5) is 33.6. The van der Waals surface area contributed by atoms with Crippen molar-refractivity contribution in [2.45, 2.75) is 20.3 Å². The van der Waals surface area contributed by atoms with Gasteiger partial charge in [-0.25, -0.2) is 0 Å². The lowest BCUT2D eigenvalue weighted by Crippen LogP contribution is -2.46. The number of nitrogens with zero attached hydrogens (tertiary/aromatic N) is 3. The number of pyridine rings is 1. The van der Waals surface area contributed by atoms with E-state index < -0.39 is 0 Å². The van der Waals surface area contributed by atoms with Crippen molar-refractivity contribution in [2.75, 3.05) is 37.6 Å². The molecular weight excluding hydrogens is 444 g/mol. The molecule has 5 rings (SSSR count). The van der Waals surface area contributed by atoms with Crippen LogP contribution in [0.4, 0.5) is 10.5 Å². The minimum absolute atomic E-state index is 0.332. The lowest BCUT2D eigenvalue weighted by atomic mass is 9.99. The summed E-state index contributed by atoms with van der Waals surface area (Å²) in [5, 5.41) is 4.08. The van der Waals surface area contributed by atoms with Crippen LogP contribution < -0.4 is 10.2 Å². The lowest BCUT2D eigenvalue weighted by Gasteiger charge is -2.36. The highest BCUT2D eigenvalue weighted by Crippen LogP contribution is 2.33. The number of benzene rings is 2. The number of hydrogen-bond donors (Lipinski definition) is 1. The second-order valence-electron chi connectivity index (χ2n) is 8.82. The summed E-state index contributed by atoms with van der Waals surface area (Å²) in [5.41, 5.74) is 5.40. The molecule has 6 nitrogen and oxygen atoms in total. The number of nitrogens with one attached hydrogen (secondary N) is 1. The number of thioether (sulfide) groups is 1. The Hall–Kier alpha value is -3.16. The zero-order chi connectivity index (χ0) is 23.7. The van der Waals surface area contributed by atoms with Gasteiger partial charge in [-0.05, 0) is 78.5 Å². The number of imide groups is 1. The molecule has 34 heavy (non-hydrogen) atoms. The van der Waals surface area contributed by atoms with Crippen LogP contribution in [0.25, 0.3) is 28.1 Å². The fourth-order valence-corrected chi connectivity index (χ4v) is 5.45. The van der Waals surface area contributed by atoms with E-state index in [0.29, 0.717) is 4.91 Å².